The van der Waals surface area contributed by atoms with Gasteiger partial charge in [-0.2, -0.15) is 0 Å². The smallest absolute Gasteiger partial charge is 0.240 e. The highest BCUT2D eigenvalue weighted by atomic mass is 16.2. The molecule has 0 spiro atoms. The Labute approximate surface area is 116 Å². The minimum absolute atomic E-state index is 0.0892. The van der Waals surface area contributed by atoms with Crippen LogP contribution >= 0.6 is 0 Å². The number of nitrogens with zero attached hydrogens (tertiary/aromatic N) is 2. The first-order chi connectivity index (χ1) is 9.25. The van der Waals surface area contributed by atoms with Crippen LogP contribution in [0.5, 0.6) is 0 Å². The fourth-order valence-corrected chi connectivity index (χ4v) is 3.92. The van der Waals surface area contributed by atoms with E-state index in [9.17, 15) is 4.79 Å². The van der Waals surface area contributed by atoms with Crippen LogP contribution in [0.1, 0.15) is 45.4 Å². The maximum absolute atomic E-state index is 12.7. The van der Waals surface area contributed by atoms with E-state index in [1.807, 2.05) is 0 Å². The molecule has 3 rings (SSSR count). The molecule has 108 valence electrons. The average Bonchev–Trinajstić information content (AvgIpc) is 2.47. The van der Waals surface area contributed by atoms with Crippen molar-refractivity contribution in [2.75, 3.05) is 26.2 Å². The summed E-state index contributed by atoms with van der Waals surface area (Å²) < 4.78 is 0. The van der Waals surface area contributed by atoms with Crippen LogP contribution in [-0.4, -0.2) is 60.0 Å². The Morgan fingerprint density at radius 1 is 1.11 bits per heavy atom. The summed E-state index contributed by atoms with van der Waals surface area (Å²) in [7, 11) is 0. The topological polar surface area (TPSA) is 35.6 Å². The van der Waals surface area contributed by atoms with Crippen molar-refractivity contribution in [3.8, 4) is 0 Å². The standard InChI is InChI=1S/C15H27N3O/c1-12-10-17-9-5-3-6-13(17)11-18(12)15(19)14-7-2-4-8-16-14/h12-14,16H,2-11H2,1H3. The summed E-state index contributed by atoms with van der Waals surface area (Å²) in [6.07, 6.45) is 7.38. The predicted molar refractivity (Wildman–Crippen MR) is 76.0 cm³/mol. The van der Waals surface area contributed by atoms with Gasteiger partial charge in [-0.3, -0.25) is 9.69 Å². The lowest BCUT2D eigenvalue weighted by Gasteiger charge is -2.48. The number of piperazine rings is 1. The van der Waals surface area contributed by atoms with E-state index in [4.69, 9.17) is 0 Å². The highest BCUT2D eigenvalue weighted by Gasteiger charge is 2.37. The molecular formula is C15H27N3O. The zero-order valence-corrected chi connectivity index (χ0v) is 12.1. The molecule has 0 saturated carbocycles. The predicted octanol–water partition coefficient (Wildman–Crippen LogP) is 1.21. The maximum atomic E-state index is 12.7. The van der Waals surface area contributed by atoms with Crippen molar-refractivity contribution < 1.29 is 4.79 Å². The molecule has 0 bridgehead atoms. The number of hydrogen-bond acceptors (Lipinski definition) is 3. The number of nitrogens with one attached hydrogen (secondary N) is 1. The minimum Gasteiger partial charge on any atom is -0.336 e. The molecule has 0 aromatic carbocycles. The molecule has 3 aliphatic rings. The summed E-state index contributed by atoms with van der Waals surface area (Å²) in [6.45, 7) is 6.49. The molecule has 3 atom stereocenters. The lowest BCUT2D eigenvalue weighted by atomic mass is 9.95. The normalized spacial score (nSPS) is 36.9. The summed E-state index contributed by atoms with van der Waals surface area (Å²) in [6, 6.07) is 1.09. The molecule has 3 aliphatic heterocycles. The number of fused-ring (bicyclic) bond motifs is 1. The molecule has 4 heteroatoms. The highest BCUT2D eigenvalue weighted by Crippen LogP contribution is 2.25. The van der Waals surface area contributed by atoms with Crippen LogP contribution in [0, 0.1) is 0 Å². The van der Waals surface area contributed by atoms with Gasteiger partial charge in [0.05, 0.1) is 6.04 Å². The second kappa shape index (κ2) is 5.80. The molecule has 19 heavy (non-hydrogen) atoms. The zero-order chi connectivity index (χ0) is 13.2. The number of amides is 1. The molecular weight excluding hydrogens is 238 g/mol. The van der Waals surface area contributed by atoms with E-state index in [-0.39, 0.29) is 6.04 Å². The minimum atomic E-state index is 0.0892. The molecule has 1 amide bonds. The van der Waals surface area contributed by atoms with Crippen molar-refractivity contribution in [2.24, 2.45) is 0 Å². The van der Waals surface area contributed by atoms with Gasteiger partial charge in [0, 0.05) is 25.2 Å². The van der Waals surface area contributed by atoms with Crippen LogP contribution in [0.25, 0.3) is 0 Å². The molecule has 3 heterocycles. The van der Waals surface area contributed by atoms with Gasteiger partial charge in [-0.1, -0.05) is 12.8 Å². The number of hydrogen-bond donors (Lipinski definition) is 1. The average molecular weight is 265 g/mol. The van der Waals surface area contributed by atoms with Crippen LogP contribution in [0.15, 0.2) is 0 Å². The lowest BCUT2D eigenvalue weighted by molar-refractivity contribution is -0.141. The molecule has 0 aliphatic carbocycles. The molecule has 3 fully saturated rings. The molecule has 0 aromatic rings. The number of piperidine rings is 2. The third kappa shape index (κ3) is 2.79. The summed E-state index contributed by atoms with van der Waals surface area (Å²) in [5.41, 5.74) is 0. The Bertz CT molecular complexity index is 327. The fraction of sp³-hybridized carbons (Fsp3) is 0.933. The molecule has 3 unspecified atom stereocenters. The van der Waals surface area contributed by atoms with E-state index >= 15 is 0 Å². The Morgan fingerprint density at radius 3 is 2.74 bits per heavy atom. The first kappa shape index (κ1) is 13.4. The molecule has 3 saturated heterocycles. The van der Waals surface area contributed by atoms with Gasteiger partial charge in [0.2, 0.25) is 5.91 Å². The summed E-state index contributed by atoms with van der Waals surface area (Å²) in [4.78, 5) is 17.4. The molecule has 4 nitrogen and oxygen atoms in total. The van der Waals surface area contributed by atoms with E-state index in [2.05, 4.69) is 22.0 Å². The van der Waals surface area contributed by atoms with E-state index in [0.717, 1.165) is 26.1 Å². The fourth-order valence-electron chi connectivity index (χ4n) is 3.92. The van der Waals surface area contributed by atoms with Crippen molar-refractivity contribution in [1.29, 1.82) is 0 Å². The van der Waals surface area contributed by atoms with Crippen molar-refractivity contribution in [3.63, 3.8) is 0 Å². The Hall–Kier alpha value is -0.610. The monoisotopic (exact) mass is 265 g/mol. The Kier molecular flexibility index (Phi) is 4.08. The number of carbonyl (C=O) groups excluding carboxylic acids is 1. The third-order valence-corrected chi connectivity index (χ3v) is 5.08. The van der Waals surface area contributed by atoms with Gasteiger partial charge in [0.1, 0.15) is 0 Å². The Balaban J connectivity index is 1.64. The molecule has 1 N–H and O–H groups in total. The van der Waals surface area contributed by atoms with Gasteiger partial charge in [0.25, 0.3) is 0 Å². The largest absolute Gasteiger partial charge is 0.336 e. The van der Waals surface area contributed by atoms with Crippen LogP contribution in [0.3, 0.4) is 0 Å². The van der Waals surface area contributed by atoms with Crippen LogP contribution in [0.4, 0.5) is 0 Å². The zero-order valence-electron chi connectivity index (χ0n) is 12.1. The van der Waals surface area contributed by atoms with Crippen LogP contribution in [-0.2, 0) is 4.79 Å². The number of rotatable bonds is 1. The molecule has 0 radical (unpaired) electrons. The first-order valence-corrected chi connectivity index (χ1v) is 8.03. The van der Waals surface area contributed by atoms with Crippen molar-refractivity contribution in [3.05, 3.63) is 0 Å². The van der Waals surface area contributed by atoms with Crippen LogP contribution < -0.4 is 5.32 Å². The summed E-state index contributed by atoms with van der Waals surface area (Å²) in [5, 5.41) is 3.40. The van der Waals surface area contributed by atoms with Gasteiger partial charge < -0.3 is 10.2 Å². The van der Waals surface area contributed by atoms with Gasteiger partial charge in [-0.25, -0.2) is 0 Å². The van der Waals surface area contributed by atoms with Crippen molar-refractivity contribution >= 4 is 5.91 Å². The van der Waals surface area contributed by atoms with Gasteiger partial charge in [-0.15, -0.1) is 0 Å². The van der Waals surface area contributed by atoms with Gasteiger partial charge in [0.15, 0.2) is 0 Å². The van der Waals surface area contributed by atoms with E-state index in [1.165, 1.54) is 38.6 Å². The summed E-state index contributed by atoms with van der Waals surface area (Å²) in [5.74, 6) is 0.359. The highest BCUT2D eigenvalue weighted by molar-refractivity contribution is 5.82. The Morgan fingerprint density at radius 2 is 1.95 bits per heavy atom. The van der Waals surface area contributed by atoms with Crippen LogP contribution in [0.2, 0.25) is 0 Å². The SMILES string of the molecule is CC1CN2CCCCC2CN1C(=O)C1CCCCN1. The van der Waals surface area contributed by atoms with E-state index < -0.39 is 0 Å². The summed E-state index contributed by atoms with van der Waals surface area (Å²) >= 11 is 0. The van der Waals surface area contributed by atoms with Crippen molar-refractivity contribution in [2.45, 2.75) is 63.6 Å². The third-order valence-electron chi connectivity index (χ3n) is 5.08. The second-order valence-electron chi connectivity index (χ2n) is 6.49. The second-order valence-corrected chi connectivity index (χ2v) is 6.49. The van der Waals surface area contributed by atoms with Gasteiger partial charge in [-0.05, 0) is 45.7 Å². The first-order valence-electron chi connectivity index (χ1n) is 8.03. The van der Waals surface area contributed by atoms with Crippen molar-refractivity contribution in [1.82, 2.24) is 15.1 Å². The maximum Gasteiger partial charge on any atom is 0.240 e. The number of carbonyl (C=O) groups is 1. The van der Waals surface area contributed by atoms with E-state index in [0.29, 0.717) is 18.0 Å². The lowest BCUT2D eigenvalue weighted by Crippen LogP contribution is -2.63. The molecule has 0 aromatic heterocycles. The van der Waals surface area contributed by atoms with E-state index in [1.54, 1.807) is 0 Å². The van der Waals surface area contributed by atoms with Gasteiger partial charge >= 0.3 is 0 Å². The quantitative estimate of drug-likeness (QED) is 0.774.